The third-order valence-electron chi connectivity index (χ3n) is 3.55. The molecule has 0 aliphatic rings. The highest BCUT2D eigenvalue weighted by Gasteiger charge is 2.09. The normalized spacial score (nSPS) is 11.4. The van der Waals surface area contributed by atoms with Crippen LogP contribution < -0.4 is 4.74 Å². The second kappa shape index (κ2) is 7.46. The fourth-order valence-electron chi connectivity index (χ4n) is 2.21. The Morgan fingerprint density at radius 3 is 2.35 bits per heavy atom. The van der Waals surface area contributed by atoms with Crippen LogP contribution >= 0.6 is 0 Å². The number of methoxy groups -OCH3 is 1. The van der Waals surface area contributed by atoms with Gasteiger partial charge in [-0.2, -0.15) is 0 Å². The number of aromatic hydroxyl groups is 1. The molecule has 1 aromatic heterocycles. The highest BCUT2D eigenvalue weighted by molar-refractivity contribution is 7.90. The first-order valence-corrected chi connectivity index (χ1v) is 9.42. The lowest BCUT2D eigenvalue weighted by Crippen LogP contribution is -2.08. The molecule has 1 heterocycles. The Bertz CT molecular complexity index is 755. The van der Waals surface area contributed by atoms with Gasteiger partial charge >= 0.3 is 0 Å². The Morgan fingerprint density at radius 2 is 1.74 bits per heavy atom. The van der Waals surface area contributed by atoms with E-state index in [1.165, 1.54) is 11.8 Å². The van der Waals surface area contributed by atoms with Gasteiger partial charge in [0.1, 0.15) is 21.3 Å². The minimum atomic E-state index is -3.08. The molecular weight excluding hydrogens is 314 g/mol. The van der Waals surface area contributed by atoms with Crippen molar-refractivity contribution in [2.45, 2.75) is 19.3 Å². The maximum atomic E-state index is 11.2. The van der Waals surface area contributed by atoms with Crippen LogP contribution in [0.15, 0.2) is 36.4 Å². The molecule has 23 heavy (non-hydrogen) atoms. The van der Waals surface area contributed by atoms with Crippen molar-refractivity contribution in [3.8, 4) is 11.5 Å². The molecular formula is C17H21NO4S. The van der Waals surface area contributed by atoms with E-state index in [1.54, 1.807) is 19.2 Å². The quantitative estimate of drug-likeness (QED) is 0.839. The first-order valence-electron chi connectivity index (χ1n) is 7.36. The van der Waals surface area contributed by atoms with E-state index in [4.69, 9.17) is 4.74 Å². The van der Waals surface area contributed by atoms with Crippen LogP contribution in [0.3, 0.4) is 0 Å². The summed E-state index contributed by atoms with van der Waals surface area (Å²) in [4.78, 5) is 4.39. The third-order valence-corrected chi connectivity index (χ3v) is 4.49. The number of sulfone groups is 1. The highest BCUT2D eigenvalue weighted by atomic mass is 32.2. The van der Waals surface area contributed by atoms with Crippen molar-refractivity contribution >= 4 is 9.84 Å². The molecule has 1 N–H and O–H groups in total. The van der Waals surface area contributed by atoms with Crippen LogP contribution in [0, 0.1) is 0 Å². The van der Waals surface area contributed by atoms with Gasteiger partial charge in [-0.25, -0.2) is 8.42 Å². The van der Waals surface area contributed by atoms with E-state index in [0.717, 1.165) is 24.3 Å². The number of pyridine rings is 1. The SMILES string of the molecule is COc1ccc(CCc2ccc(O)c(CCS(C)(=O)=O)n2)cc1. The van der Waals surface area contributed by atoms with Gasteiger partial charge in [0.25, 0.3) is 0 Å². The molecule has 1 aromatic carbocycles. The monoisotopic (exact) mass is 335 g/mol. The maximum absolute atomic E-state index is 11.2. The highest BCUT2D eigenvalue weighted by Crippen LogP contribution is 2.18. The van der Waals surface area contributed by atoms with E-state index < -0.39 is 9.84 Å². The van der Waals surface area contributed by atoms with Crippen LogP contribution in [-0.4, -0.2) is 37.6 Å². The number of nitrogens with zero attached hydrogens (tertiary/aromatic N) is 1. The molecule has 0 radical (unpaired) electrons. The van der Waals surface area contributed by atoms with Crippen molar-refractivity contribution < 1.29 is 18.3 Å². The average molecular weight is 335 g/mol. The van der Waals surface area contributed by atoms with Crippen LogP contribution in [0.5, 0.6) is 11.5 Å². The molecule has 0 bridgehead atoms. The van der Waals surface area contributed by atoms with Crippen molar-refractivity contribution in [3.05, 3.63) is 53.3 Å². The molecule has 2 rings (SSSR count). The Balaban J connectivity index is 2.02. The molecule has 0 aliphatic carbocycles. The molecule has 0 spiro atoms. The van der Waals surface area contributed by atoms with Gasteiger partial charge in [0.05, 0.1) is 18.6 Å². The van der Waals surface area contributed by atoms with E-state index in [9.17, 15) is 13.5 Å². The Kier molecular flexibility index (Phi) is 5.60. The summed E-state index contributed by atoms with van der Waals surface area (Å²) >= 11 is 0. The van der Waals surface area contributed by atoms with Crippen molar-refractivity contribution in [2.75, 3.05) is 19.1 Å². The lowest BCUT2D eigenvalue weighted by atomic mass is 10.1. The van der Waals surface area contributed by atoms with Crippen LogP contribution in [0.1, 0.15) is 17.0 Å². The fourth-order valence-corrected chi connectivity index (χ4v) is 2.77. The molecule has 0 aliphatic heterocycles. The number of hydrogen-bond acceptors (Lipinski definition) is 5. The molecule has 2 aromatic rings. The first kappa shape index (κ1) is 17.3. The van der Waals surface area contributed by atoms with Gasteiger partial charge in [-0.1, -0.05) is 12.1 Å². The lowest BCUT2D eigenvalue weighted by Gasteiger charge is -2.07. The van der Waals surface area contributed by atoms with Gasteiger partial charge < -0.3 is 9.84 Å². The number of aromatic nitrogens is 1. The zero-order chi connectivity index (χ0) is 16.9. The van der Waals surface area contributed by atoms with Crippen molar-refractivity contribution in [1.82, 2.24) is 4.98 Å². The van der Waals surface area contributed by atoms with Crippen molar-refractivity contribution in [3.63, 3.8) is 0 Å². The summed E-state index contributed by atoms with van der Waals surface area (Å²) < 4.78 is 27.6. The zero-order valence-electron chi connectivity index (χ0n) is 13.3. The molecule has 0 amide bonds. The van der Waals surface area contributed by atoms with Gasteiger partial charge in [-0.05, 0) is 42.7 Å². The van der Waals surface area contributed by atoms with E-state index in [0.29, 0.717) is 5.69 Å². The summed E-state index contributed by atoms with van der Waals surface area (Å²) in [5.41, 5.74) is 2.43. The molecule has 5 nitrogen and oxygen atoms in total. The summed E-state index contributed by atoms with van der Waals surface area (Å²) in [6.45, 7) is 0. The van der Waals surface area contributed by atoms with Gasteiger partial charge in [0.2, 0.25) is 0 Å². The van der Waals surface area contributed by atoms with Gasteiger partial charge in [0, 0.05) is 18.4 Å². The molecule has 0 saturated carbocycles. The van der Waals surface area contributed by atoms with Crippen molar-refractivity contribution in [2.24, 2.45) is 0 Å². The Morgan fingerprint density at radius 1 is 1.04 bits per heavy atom. The first-order chi connectivity index (χ1) is 10.9. The molecule has 0 unspecified atom stereocenters. The van der Waals surface area contributed by atoms with Gasteiger partial charge in [0.15, 0.2) is 0 Å². The van der Waals surface area contributed by atoms with Crippen LogP contribution in [0.4, 0.5) is 0 Å². The van der Waals surface area contributed by atoms with Crippen molar-refractivity contribution in [1.29, 1.82) is 0 Å². The van der Waals surface area contributed by atoms with E-state index >= 15 is 0 Å². The van der Waals surface area contributed by atoms with Crippen LogP contribution in [0.2, 0.25) is 0 Å². The number of ether oxygens (including phenoxy) is 1. The summed E-state index contributed by atoms with van der Waals surface area (Å²) in [5, 5.41) is 9.80. The standard InChI is InChI=1S/C17H21NO4S/c1-22-15-8-4-13(5-9-15)3-6-14-7-10-17(19)16(18-14)11-12-23(2,20)21/h4-5,7-10,19H,3,6,11-12H2,1-2H3. The van der Waals surface area contributed by atoms with Gasteiger partial charge in [-0.15, -0.1) is 0 Å². The van der Waals surface area contributed by atoms with Gasteiger partial charge in [-0.3, -0.25) is 4.98 Å². The molecule has 0 atom stereocenters. The largest absolute Gasteiger partial charge is 0.506 e. The second-order valence-corrected chi connectivity index (χ2v) is 7.76. The maximum Gasteiger partial charge on any atom is 0.147 e. The second-order valence-electron chi connectivity index (χ2n) is 5.50. The third kappa shape index (κ3) is 5.56. The molecule has 0 fully saturated rings. The molecule has 124 valence electrons. The summed E-state index contributed by atoms with van der Waals surface area (Å²) in [6.07, 6.45) is 2.93. The summed E-state index contributed by atoms with van der Waals surface area (Å²) in [6, 6.07) is 11.2. The number of aryl methyl sites for hydroxylation is 3. The van der Waals surface area contributed by atoms with Crippen LogP contribution in [-0.2, 0) is 29.1 Å². The number of benzene rings is 1. The minimum absolute atomic E-state index is 0.0184. The number of hydrogen-bond donors (Lipinski definition) is 1. The average Bonchev–Trinajstić information content (AvgIpc) is 2.52. The summed E-state index contributed by atoms with van der Waals surface area (Å²) in [5.74, 6) is 0.844. The predicted molar refractivity (Wildman–Crippen MR) is 89.7 cm³/mol. The minimum Gasteiger partial charge on any atom is -0.506 e. The molecule has 6 heteroatoms. The topological polar surface area (TPSA) is 76.5 Å². The fraction of sp³-hybridized carbons (Fsp3) is 0.353. The van der Waals surface area contributed by atoms with E-state index in [2.05, 4.69) is 4.98 Å². The lowest BCUT2D eigenvalue weighted by molar-refractivity contribution is 0.414. The summed E-state index contributed by atoms with van der Waals surface area (Å²) in [7, 11) is -1.44. The number of rotatable bonds is 7. The van der Waals surface area contributed by atoms with E-state index in [1.807, 2.05) is 24.3 Å². The zero-order valence-corrected chi connectivity index (χ0v) is 14.1. The Hall–Kier alpha value is -2.08. The van der Waals surface area contributed by atoms with Crippen LogP contribution in [0.25, 0.3) is 0 Å². The predicted octanol–water partition coefficient (Wildman–Crippen LogP) is 2.17. The van der Waals surface area contributed by atoms with E-state index in [-0.39, 0.29) is 17.9 Å². The smallest absolute Gasteiger partial charge is 0.147 e. The Labute approximate surface area is 136 Å². The molecule has 0 saturated heterocycles.